The van der Waals surface area contributed by atoms with Crippen molar-refractivity contribution < 1.29 is 17.1 Å². The van der Waals surface area contributed by atoms with Crippen molar-refractivity contribution in [3.05, 3.63) is 61.0 Å². The van der Waals surface area contributed by atoms with Gasteiger partial charge in [0.2, 0.25) is 0 Å². The van der Waals surface area contributed by atoms with Crippen molar-refractivity contribution >= 4 is 31.9 Å². The van der Waals surface area contributed by atoms with Crippen molar-refractivity contribution in [2.24, 2.45) is 0 Å². The number of hydrogen-bond donors (Lipinski definition) is 0. The second-order valence-corrected chi connectivity index (χ2v) is 3.89. The summed E-state index contributed by atoms with van der Waals surface area (Å²) in [5.74, 6) is 0. The molecule has 68 valence electrons. The molecule has 0 aromatic heterocycles. The molecule has 2 aliphatic rings. The molecule has 10 radical (unpaired) electrons. The monoisotopic (exact) mass is 342 g/mol. The quantitative estimate of drug-likeness (QED) is 0.591. The van der Waals surface area contributed by atoms with Gasteiger partial charge in [0.05, 0.1) is 9.65 Å². The summed E-state index contributed by atoms with van der Waals surface area (Å²) in [6, 6.07) is 0. The average molecular weight is 344 g/mol. The van der Waals surface area contributed by atoms with Gasteiger partial charge in [-0.15, -0.1) is 0 Å². The van der Waals surface area contributed by atoms with Crippen LogP contribution < -0.4 is 0 Å². The molecular formula is C10H8Br2Fe+2. The molecule has 13 heavy (non-hydrogen) atoms. The number of hydrogen-bond acceptors (Lipinski definition) is 0. The van der Waals surface area contributed by atoms with Gasteiger partial charge in [-0.3, -0.25) is 0 Å². The van der Waals surface area contributed by atoms with E-state index in [2.05, 4.69) is 31.9 Å². The average Bonchev–Trinajstić information content (AvgIpc) is 2.67. The van der Waals surface area contributed by atoms with Crippen molar-refractivity contribution in [1.29, 1.82) is 0 Å². The first-order valence-electron chi connectivity index (χ1n) is 3.54. The van der Waals surface area contributed by atoms with Gasteiger partial charge in [0.1, 0.15) is 0 Å². The predicted octanol–water partition coefficient (Wildman–Crippen LogP) is 3.49. The van der Waals surface area contributed by atoms with Crippen LogP contribution in [-0.4, -0.2) is 0 Å². The summed E-state index contributed by atoms with van der Waals surface area (Å²) in [4.78, 5) is 2.24. The summed E-state index contributed by atoms with van der Waals surface area (Å²) in [5, 5.41) is 0. The van der Waals surface area contributed by atoms with E-state index in [0.717, 1.165) is 9.65 Å². The second-order valence-electron chi connectivity index (χ2n) is 2.18. The molecule has 0 spiro atoms. The summed E-state index contributed by atoms with van der Waals surface area (Å²) < 4.78 is 0. The molecule has 2 rings (SSSR count). The predicted molar refractivity (Wildman–Crippen MR) is 58.7 cm³/mol. The molecule has 3 heteroatoms. The third-order valence-electron chi connectivity index (χ3n) is 1.27. The Bertz CT molecular complexity index is 99.9. The smallest absolute Gasteiger partial charge is 0.0818 e. The van der Waals surface area contributed by atoms with Crippen LogP contribution >= 0.6 is 31.9 Å². The van der Waals surface area contributed by atoms with Crippen LogP contribution in [0.1, 0.15) is 0 Å². The first kappa shape index (κ1) is 14.5. The maximum atomic E-state index is 3.32. The first-order valence-corrected chi connectivity index (χ1v) is 5.12. The van der Waals surface area contributed by atoms with E-state index in [1.54, 1.807) is 0 Å². The van der Waals surface area contributed by atoms with Crippen LogP contribution in [0.4, 0.5) is 0 Å². The Morgan fingerprint density at radius 3 is 1.08 bits per heavy atom. The van der Waals surface area contributed by atoms with Crippen molar-refractivity contribution in [2.45, 2.75) is 0 Å². The minimum atomic E-state index is 0. The molecule has 2 fully saturated rings. The Balaban J connectivity index is 0.000000215. The van der Waals surface area contributed by atoms with Crippen LogP contribution in [0.5, 0.6) is 0 Å². The van der Waals surface area contributed by atoms with Gasteiger partial charge >= 0.3 is 17.1 Å². The van der Waals surface area contributed by atoms with Gasteiger partial charge in [-0.25, -0.2) is 0 Å². The molecule has 0 aliphatic heterocycles. The van der Waals surface area contributed by atoms with E-state index in [9.17, 15) is 0 Å². The van der Waals surface area contributed by atoms with Gasteiger partial charge < -0.3 is 0 Å². The topological polar surface area (TPSA) is 0 Å². The van der Waals surface area contributed by atoms with Gasteiger partial charge in [0, 0.05) is 0 Å². The van der Waals surface area contributed by atoms with Crippen molar-refractivity contribution in [1.82, 2.24) is 0 Å². The van der Waals surface area contributed by atoms with Crippen molar-refractivity contribution in [3.63, 3.8) is 0 Å². The van der Waals surface area contributed by atoms with Crippen LogP contribution in [-0.2, 0) is 17.1 Å². The van der Waals surface area contributed by atoms with E-state index >= 15 is 0 Å². The van der Waals surface area contributed by atoms with Gasteiger partial charge in [-0.2, -0.15) is 0 Å². The Kier molecular flexibility index (Phi) is 9.76. The third kappa shape index (κ3) is 6.54. The van der Waals surface area contributed by atoms with Crippen molar-refractivity contribution in [2.75, 3.05) is 0 Å². The first-order chi connectivity index (χ1) is 5.80. The summed E-state index contributed by atoms with van der Waals surface area (Å²) in [6.45, 7) is 0. The Labute approximate surface area is 109 Å². The zero-order valence-electron chi connectivity index (χ0n) is 6.73. The van der Waals surface area contributed by atoms with E-state index in [4.69, 9.17) is 0 Å². The SMILES string of the molecule is Br[C]1[CH][CH][CH][C]1Br.[CH]1[CH][CH][CH][CH]1.[Fe+2]. The van der Waals surface area contributed by atoms with Crippen LogP contribution in [0.25, 0.3) is 0 Å². The second kappa shape index (κ2) is 8.76. The zero-order chi connectivity index (χ0) is 8.81. The fraction of sp³-hybridized carbons (Fsp3) is 0. The summed E-state index contributed by atoms with van der Waals surface area (Å²) in [6.07, 6.45) is 16.0. The summed E-state index contributed by atoms with van der Waals surface area (Å²) in [7, 11) is 0. The number of halogens is 2. The van der Waals surface area contributed by atoms with E-state index < -0.39 is 0 Å². The molecule has 0 N–H and O–H groups in total. The molecule has 2 saturated carbocycles. The fourth-order valence-corrected chi connectivity index (χ4v) is 1.27. The molecule has 0 unspecified atom stereocenters. The van der Waals surface area contributed by atoms with E-state index in [1.807, 2.05) is 51.4 Å². The van der Waals surface area contributed by atoms with E-state index in [1.165, 1.54) is 0 Å². The molecule has 0 aromatic rings. The molecule has 0 atom stereocenters. The molecule has 2 aliphatic carbocycles. The maximum absolute atomic E-state index is 3.32. The maximum Gasteiger partial charge on any atom is 2.00 e. The van der Waals surface area contributed by atoms with Crippen LogP contribution in [0.2, 0.25) is 0 Å². The normalized spacial score (nSPS) is 23.5. The molecule has 0 bridgehead atoms. The Hall–Kier alpha value is 1.48. The Morgan fingerprint density at radius 1 is 0.615 bits per heavy atom. The minimum absolute atomic E-state index is 0. The summed E-state index contributed by atoms with van der Waals surface area (Å²) >= 11 is 6.64. The van der Waals surface area contributed by atoms with Crippen molar-refractivity contribution in [3.8, 4) is 0 Å². The molecule has 0 nitrogen and oxygen atoms in total. The molecule has 0 amide bonds. The zero-order valence-corrected chi connectivity index (χ0v) is 11.0. The van der Waals surface area contributed by atoms with Gasteiger partial charge in [0.15, 0.2) is 0 Å². The van der Waals surface area contributed by atoms with E-state index in [-0.39, 0.29) is 17.1 Å². The largest absolute Gasteiger partial charge is 2.00 e. The standard InChI is InChI=1S/C5H3Br2.C5H5.Fe/c6-4-2-1-3-5(4)7;1-2-4-5-3-1;/h1-3H;1-5H;/q;;+2. The van der Waals surface area contributed by atoms with Crippen LogP contribution in [0.3, 0.4) is 0 Å². The van der Waals surface area contributed by atoms with Gasteiger partial charge in [0.25, 0.3) is 0 Å². The molecule has 0 aromatic carbocycles. The fourth-order valence-electron chi connectivity index (χ4n) is 0.697. The Morgan fingerprint density at radius 2 is 0.923 bits per heavy atom. The molecular weight excluding hydrogens is 336 g/mol. The minimum Gasteiger partial charge on any atom is -0.0818 e. The molecule has 0 heterocycles. The van der Waals surface area contributed by atoms with Crippen LogP contribution in [0.15, 0.2) is 0 Å². The van der Waals surface area contributed by atoms with Crippen LogP contribution in [0, 0.1) is 61.0 Å². The van der Waals surface area contributed by atoms with E-state index in [0.29, 0.717) is 0 Å². The van der Waals surface area contributed by atoms with Gasteiger partial charge in [-0.1, -0.05) is 31.9 Å². The van der Waals surface area contributed by atoms with Gasteiger partial charge in [-0.05, 0) is 51.4 Å². The number of rotatable bonds is 0. The molecule has 0 saturated heterocycles. The third-order valence-corrected chi connectivity index (χ3v) is 3.18. The summed E-state index contributed by atoms with van der Waals surface area (Å²) in [5.41, 5.74) is 0.